The molecule has 9 heteroatoms. The van der Waals surface area contributed by atoms with Crippen LogP contribution in [0.1, 0.15) is 5.69 Å². The molecule has 0 unspecified atom stereocenters. The van der Waals surface area contributed by atoms with Crippen LogP contribution in [0, 0.1) is 0 Å². The molecule has 0 saturated heterocycles. The molecule has 0 aliphatic heterocycles. The van der Waals surface area contributed by atoms with Gasteiger partial charge in [0.05, 0.1) is 24.1 Å². The van der Waals surface area contributed by atoms with Crippen molar-refractivity contribution in [3.05, 3.63) is 34.6 Å². The SMILES string of the molecule is Cn1nncc1CNc1ccc(Br)cc1OC(F)(F)F. The summed E-state index contributed by atoms with van der Waals surface area (Å²) in [6.45, 7) is 0.277. The number of hydrogen-bond donors (Lipinski definition) is 1. The summed E-state index contributed by atoms with van der Waals surface area (Å²) >= 11 is 3.11. The first-order chi connectivity index (χ1) is 9.35. The first kappa shape index (κ1) is 14.6. The van der Waals surface area contributed by atoms with Crippen molar-refractivity contribution >= 4 is 21.6 Å². The summed E-state index contributed by atoms with van der Waals surface area (Å²) < 4.78 is 43.0. The number of aryl methyl sites for hydroxylation is 1. The van der Waals surface area contributed by atoms with Gasteiger partial charge in [-0.15, -0.1) is 18.3 Å². The Morgan fingerprint density at radius 2 is 2.15 bits per heavy atom. The van der Waals surface area contributed by atoms with E-state index < -0.39 is 6.36 Å². The third kappa shape index (κ3) is 3.86. The van der Waals surface area contributed by atoms with Crippen LogP contribution in [0.4, 0.5) is 18.9 Å². The van der Waals surface area contributed by atoms with Crippen molar-refractivity contribution in [1.82, 2.24) is 15.0 Å². The maximum absolute atomic E-state index is 12.3. The number of rotatable bonds is 4. The topological polar surface area (TPSA) is 52.0 Å². The molecule has 2 aromatic rings. The van der Waals surface area contributed by atoms with Crippen LogP contribution in [0.3, 0.4) is 0 Å². The first-order valence-electron chi connectivity index (χ1n) is 5.48. The van der Waals surface area contributed by atoms with Gasteiger partial charge in [-0.1, -0.05) is 21.1 Å². The highest BCUT2D eigenvalue weighted by molar-refractivity contribution is 9.10. The fourth-order valence-corrected chi connectivity index (χ4v) is 1.85. The van der Waals surface area contributed by atoms with E-state index in [1.54, 1.807) is 13.1 Å². The van der Waals surface area contributed by atoms with Crippen molar-refractivity contribution in [3.63, 3.8) is 0 Å². The van der Waals surface area contributed by atoms with Crippen molar-refractivity contribution in [2.45, 2.75) is 12.9 Å². The molecule has 0 radical (unpaired) electrons. The normalized spacial score (nSPS) is 11.4. The van der Waals surface area contributed by atoms with Crippen molar-refractivity contribution in [1.29, 1.82) is 0 Å². The molecule has 5 nitrogen and oxygen atoms in total. The third-order valence-corrected chi connectivity index (χ3v) is 2.93. The molecule has 0 amide bonds. The Morgan fingerprint density at radius 1 is 1.40 bits per heavy atom. The zero-order chi connectivity index (χ0) is 14.8. The Kier molecular flexibility index (Phi) is 4.17. The number of halogens is 4. The monoisotopic (exact) mass is 350 g/mol. The fraction of sp³-hybridized carbons (Fsp3) is 0.273. The second-order valence-corrected chi connectivity index (χ2v) is 4.81. The molecule has 0 saturated carbocycles. The minimum Gasteiger partial charge on any atom is -0.404 e. The van der Waals surface area contributed by atoms with Crippen LogP contribution in [0.15, 0.2) is 28.9 Å². The van der Waals surface area contributed by atoms with E-state index in [1.165, 1.54) is 23.0 Å². The van der Waals surface area contributed by atoms with Gasteiger partial charge in [0.1, 0.15) is 0 Å². The molecule has 2 rings (SSSR count). The van der Waals surface area contributed by atoms with Crippen molar-refractivity contribution in [2.24, 2.45) is 7.05 Å². The molecule has 1 heterocycles. The second kappa shape index (κ2) is 5.70. The van der Waals surface area contributed by atoms with Crippen LogP contribution in [-0.2, 0) is 13.6 Å². The van der Waals surface area contributed by atoms with Crippen molar-refractivity contribution in [2.75, 3.05) is 5.32 Å². The highest BCUT2D eigenvalue weighted by atomic mass is 79.9. The van der Waals surface area contributed by atoms with E-state index in [0.29, 0.717) is 4.47 Å². The minimum atomic E-state index is -4.74. The highest BCUT2D eigenvalue weighted by Gasteiger charge is 2.32. The molecule has 0 spiro atoms. The lowest BCUT2D eigenvalue weighted by molar-refractivity contribution is -0.274. The summed E-state index contributed by atoms with van der Waals surface area (Å²) in [6, 6.07) is 4.36. The lowest BCUT2D eigenvalue weighted by Gasteiger charge is -2.15. The van der Waals surface area contributed by atoms with E-state index in [2.05, 4.69) is 36.3 Å². The zero-order valence-corrected chi connectivity index (χ0v) is 11.9. The standard InChI is InChI=1S/C11H10BrF3N4O/c1-19-8(6-17-18-19)5-16-9-3-2-7(12)4-10(9)20-11(13,14)15/h2-4,6,16H,5H2,1H3. The maximum Gasteiger partial charge on any atom is 0.573 e. The zero-order valence-electron chi connectivity index (χ0n) is 10.3. The van der Waals surface area contributed by atoms with E-state index in [1.807, 2.05) is 0 Å². The first-order valence-corrected chi connectivity index (χ1v) is 6.27. The molecule has 0 aliphatic carbocycles. The average molecular weight is 351 g/mol. The van der Waals surface area contributed by atoms with Crippen molar-refractivity contribution in [3.8, 4) is 5.75 Å². The van der Waals surface area contributed by atoms with Gasteiger partial charge in [0.2, 0.25) is 0 Å². The van der Waals surface area contributed by atoms with Gasteiger partial charge in [0.25, 0.3) is 0 Å². The Hall–Kier alpha value is -1.77. The Balaban J connectivity index is 2.16. The van der Waals surface area contributed by atoms with Gasteiger partial charge in [0, 0.05) is 11.5 Å². The fourth-order valence-electron chi connectivity index (χ4n) is 1.51. The molecule has 1 N–H and O–H groups in total. The maximum atomic E-state index is 12.3. The number of nitrogens with zero attached hydrogens (tertiary/aromatic N) is 3. The van der Waals surface area contributed by atoms with Crippen LogP contribution in [-0.4, -0.2) is 21.4 Å². The molecule has 0 atom stereocenters. The van der Waals surface area contributed by atoms with Gasteiger partial charge in [-0.25, -0.2) is 0 Å². The Labute approximate surface area is 120 Å². The predicted octanol–water partition coefficient (Wildman–Crippen LogP) is 3.09. The lowest BCUT2D eigenvalue weighted by atomic mass is 10.3. The van der Waals surface area contributed by atoms with E-state index >= 15 is 0 Å². The molecular formula is C11H10BrF3N4O. The third-order valence-electron chi connectivity index (χ3n) is 2.44. The molecule has 1 aromatic carbocycles. The number of benzene rings is 1. The van der Waals surface area contributed by atoms with Gasteiger partial charge in [0.15, 0.2) is 5.75 Å². The quantitative estimate of drug-likeness (QED) is 0.920. The number of nitrogens with one attached hydrogen (secondary N) is 1. The van der Waals surface area contributed by atoms with Crippen molar-refractivity contribution < 1.29 is 17.9 Å². The van der Waals surface area contributed by atoms with Gasteiger partial charge in [-0.3, -0.25) is 4.68 Å². The summed E-state index contributed by atoms with van der Waals surface area (Å²) in [6.07, 6.45) is -3.22. The Morgan fingerprint density at radius 3 is 2.75 bits per heavy atom. The van der Waals surface area contributed by atoms with Gasteiger partial charge >= 0.3 is 6.36 Å². The lowest BCUT2D eigenvalue weighted by Crippen LogP contribution is -2.18. The van der Waals surface area contributed by atoms with Gasteiger partial charge in [-0.2, -0.15) is 0 Å². The molecular weight excluding hydrogens is 341 g/mol. The van der Waals surface area contributed by atoms with Gasteiger partial charge in [-0.05, 0) is 18.2 Å². The van der Waals surface area contributed by atoms with Crippen LogP contribution < -0.4 is 10.1 Å². The summed E-state index contributed by atoms with van der Waals surface area (Å²) in [5, 5.41) is 10.3. The van der Waals surface area contributed by atoms with Crippen LogP contribution in [0.2, 0.25) is 0 Å². The summed E-state index contributed by atoms with van der Waals surface area (Å²) in [7, 11) is 1.69. The van der Waals surface area contributed by atoms with E-state index in [9.17, 15) is 13.2 Å². The summed E-state index contributed by atoms with van der Waals surface area (Å²) in [4.78, 5) is 0. The Bertz CT molecular complexity index is 600. The highest BCUT2D eigenvalue weighted by Crippen LogP contribution is 2.33. The van der Waals surface area contributed by atoms with E-state index in [4.69, 9.17) is 0 Å². The number of alkyl halides is 3. The van der Waals surface area contributed by atoms with Crippen LogP contribution in [0.5, 0.6) is 5.75 Å². The molecule has 0 aliphatic rings. The number of ether oxygens (including phenoxy) is 1. The summed E-state index contributed by atoms with van der Waals surface area (Å²) in [5.41, 5.74) is 0.956. The van der Waals surface area contributed by atoms with E-state index in [0.717, 1.165) is 5.69 Å². The predicted molar refractivity (Wildman–Crippen MR) is 69.2 cm³/mol. The number of hydrogen-bond acceptors (Lipinski definition) is 4. The number of aromatic nitrogens is 3. The van der Waals surface area contributed by atoms with Gasteiger partial charge < -0.3 is 10.1 Å². The average Bonchev–Trinajstić information content (AvgIpc) is 2.72. The van der Waals surface area contributed by atoms with Crippen LogP contribution in [0.25, 0.3) is 0 Å². The molecule has 0 bridgehead atoms. The largest absolute Gasteiger partial charge is 0.573 e. The van der Waals surface area contributed by atoms with E-state index in [-0.39, 0.29) is 18.0 Å². The smallest absolute Gasteiger partial charge is 0.404 e. The number of anilines is 1. The minimum absolute atomic E-state index is 0.228. The van der Waals surface area contributed by atoms with Crippen LogP contribution >= 0.6 is 15.9 Å². The summed E-state index contributed by atoms with van der Waals surface area (Å²) in [5.74, 6) is -0.304. The molecule has 0 fully saturated rings. The molecule has 108 valence electrons. The second-order valence-electron chi connectivity index (χ2n) is 3.89. The molecule has 1 aromatic heterocycles. The molecule has 20 heavy (non-hydrogen) atoms.